The molecule has 2 heteroatoms. The van der Waals surface area contributed by atoms with Crippen molar-refractivity contribution in [1.29, 1.82) is 0 Å². The number of rotatable bonds is 10. The molecule has 0 saturated heterocycles. The van der Waals surface area contributed by atoms with Gasteiger partial charge >= 0.3 is 0 Å². The molecule has 0 bridgehead atoms. The Morgan fingerprint density at radius 2 is 1.94 bits per heavy atom. The van der Waals surface area contributed by atoms with Crippen molar-refractivity contribution >= 4 is 0 Å². The van der Waals surface area contributed by atoms with E-state index in [4.69, 9.17) is 0 Å². The van der Waals surface area contributed by atoms with Gasteiger partial charge in [0.05, 0.1) is 0 Å². The highest BCUT2D eigenvalue weighted by molar-refractivity contribution is 4.87. The molecule has 0 amide bonds. The Balaban J connectivity index is 2.07. The third-order valence-electron chi connectivity index (χ3n) is 3.59. The van der Waals surface area contributed by atoms with Crippen molar-refractivity contribution in [2.24, 2.45) is 5.92 Å². The lowest BCUT2D eigenvalue weighted by atomic mass is 10.1. The maximum Gasteiger partial charge on any atom is 0.00992 e. The van der Waals surface area contributed by atoms with Crippen molar-refractivity contribution in [3.8, 4) is 0 Å². The normalized spacial score (nSPS) is 18.0. The lowest BCUT2D eigenvalue weighted by Crippen LogP contribution is -2.36. The molecule has 0 aromatic heterocycles. The predicted molar refractivity (Wildman–Crippen MR) is 76.4 cm³/mol. The molecule has 0 radical (unpaired) electrons. The first-order valence-electron chi connectivity index (χ1n) is 7.61. The van der Waals surface area contributed by atoms with E-state index in [1.807, 2.05) is 0 Å². The zero-order chi connectivity index (χ0) is 12.7. The van der Waals surface area contributed by atoms with E-state index in [9.17, 15) is 0 Å². The molecule has 0 aliphatic heterocycles. The highest BCUT2D eigenvalue weighted by Gasteiger charge is 2.30. The van der Waals surface area contributed by atoms with Crippen molar-refractivity contribution in [1.82, 2.24) is 10.2 Å². The zero-order valence-electron chi connectivity index (χ0n) is 12.3. The van der Waals surface area contributed by atoms with E-state index in [2.05, 4.69) is 37.9 Å². The van der Waals surface area contributed by atoms with Gasteiger partial charge in [0.25, 0.3) is 0 Å². The summed E-state index contributed by atoms with van der Waals surface area (Å²) in [5.74, 6) is 0.774. The van der Waals surface area contributed by atoms with Crippen LogP contribution in [-0.2, 0) is 0 Å². The van der Waals surface area contributed by atoms with E-state index in [1.165, 1.54) is 45.2 Å². The highest BCUT2D eigenvalue weighted by atomic mass is 15.2. The quantitative estimate of drug-likeness (QED) is 0.590. The van der Waals surface area contributed by atoms with Gasteiger partial charge in [0.2, 0.25) is 0 Å². The van der Waals surface area contributed by atoms with Gasteiger partial charge in [-0.05, 0) is 64.6 Å². The summed E-state index contributed by atoms with van der Waals surface area (Å²) in [6.07, 6.45) is 6.85. The molecule has 1 aliphatic rings. The summed E-state index contributed by atoms with van der Waals surface area (Å²) in [5.41, 5.74) is 0. The molecular weight excluding hydrogens is 208 g/mol. The van der Waals surface area contributed by atoms with Crippen molar-refractivity contribution in [2.75, 3.05) is 19.6 Å². The van der Waals surface area contributed by atoms with Crippen LogP contribution in [0.25, 0.3) is 0 Å². The number of hydrogen-bond acceptors (Lipinski definition) is 2. The molecule has 1 aliphatic carbocycles. The highest BCUT2D eigenvalue weighted by Crippen LogP contribution is 2.29. The fraction of sp³-hybridized carbons (Fsp3) is 1.00. The Morgan fingerprint density at radius 3 is 2.47 bits per heavy atom. The minimum absolute atomic E-state index is 0.774. The molecule has 1 unspecified atom stereocenters. The van der Waals surface area contributed by atoms with Crippen molar-refractivity contribution < 1.29 is 0 Å². The van der Waals surface area contributed by atoms with Gasteiger partial charge in [-0.25, -0.2) is 0 Å². The van der Waals surface area contributed by atoms with Crippen LogP contribution in [-0.4, -0.2) is 36.6 Å². The van der Waals surface area contributed by atoms with Gasteiger partial charge < -0.3 is 5.32 Å². The second-order valence-corrected chi connectivity index (χ2v) is 6.06. The summed E-state index contributed by atoms with van der Waals surface area (Å²) >= 11 is 0. The minimum Gasteiger partial charge on any atom is -0.316 e. The van der Waals surface area contributed by atoms with Gasteiger partial charge in [-0.15, -0.1) is 0 Å². The van der Waals surface area contributed by atoms with Gasteiger partial charge in [0.15, 0.2) is 0 Å². The van der Waals surface area contributed by atoms with Gasteiger partial charge in [-0.2, -0.15) is 0 Å². The minimum atomic E-state index is 0.774. The van der Waals surface area contributed by atoms with Gasteiger partial charge in [-0.3, -0.25) is 4.90 Å². The van der Waals surface area contributed by atoms with Gasteiger partial charge in [-0.1, -0.05) is 20.8 Å². The molecular formula is C15H32N2. The molecule has 102 valence electrons. The summed E-state index contributed by atoms with van der Waals surface area (Å²) in [5, 5.41) is 3.54. The van der Waals surface area contributed by atoms with Crippen LogP contribution in [0.1, 0.15) is 59.8 Å². The van der Waals surface area contributed by atoms with Crippen LogP contribution >= 0.6 is 0 Å². The van der Waals surface area contributed by atoms with Crippen LogP contribution in [0, 0.1) is 5.92 Å². The van der Waals surface area contributed by atoms with E-state index in [0.717, 1.165) is 24.5 Å². The van der Waals surface area contributed by atoms with E-state index >= 15 is 0 Å². The third-order valence-corrected chi connectivity index (χ3v) is 3.59. The summed E-state index contributed by atoms with van der Waals surface area (Å²) in [6.45, 7) is 12.9. The van der Waals surface area contributed by atoms with E-state index in [0.29, 0.717) is 0 Å². The van der Waals surface area contributed by atoms with Crippen molar-refractivity contribution in [2.45, 2.75) is 71.9 Å². The first-order chi connectivity index (χ1) is 8.15. The fourth-order valence-electron chi connectivity index (χ4n) is 2.51. The second kappa shape index (κ2) is 8.10. The lowest BCUT2D eigenvalue weighted by Gasteiger charge is -2.28. The van der Waals surface area contributed by atoms with Crippen LogP contribution in [0.4, 0.5) is 0 Å². The SMILES string of the molecule is CCCN(C(C)CCCNCC(C)C)C1CC1. The maximum absolute atomic E-state index is 3.54. The average molecular weight is 240 g/mol. The largest absolute Gasteiger partial charge is 0.316 e. The van der Waals surface area contributed by atoms with Crippen LogP contribution in [0.15, 0.2) is 0 Å². The Hall–Kier alpha value is -0.0800. The fourth-order valence-corrected chi connectivity index (χ4v) is 2.51. The van der Waals surface area contributed by atoms with E-state index < -0.39 is 0 Å². The molecule has 1 rings (SSSR count). The van der Waals surface area contributed by atoms with Gasteiger partial charge in [0.1, 0.15) is 0 Å². The monoisotopic (exact) mass is 240 g/mol. The van der Waals surface area contributed by atoms with Crippen LogP contribution in [0.2, 0.25) is 0 Å². The molecule has 0 aromatic carbocycles. The molecule has 1 fully saturated rings. The summed E-state index contributed by atoms with van der Waals surface area (Å²) in [7, 11) is 0. The number of nitrogens with zero attached hydrogens (tertiary/aromatic N) is 1. The second-order valence-electron chi connectivity index (χ2n) is 6.06. The van der Waals surface area contributed by atoms with Gasteiger partial charge in [0, 0.05) is 12.1 Å². The van der Waals surface area contributed by atoms with E-state index in [1.54, 1.807) is 0 Å². The van der Waals surface area contributed by atoms with Crippen LogP contribution in [0.5, 0.6) is 0 Å². The first-order valence-corrected chi connectivity index (χ1v) is 7.61. The predicted octanol–water partition coefficient (Wildman–Crippen LogP) is 3.28. The molecule has 0 spiro atoms. The molecule has 17 heavy (non-hydrogen) atoms. The van der Waals surface area contributed by atoms with Crippen LogP contribution in [0.3, 0.4) is 0 Å². The Labute approximate surface area is 108 Å². The molecule has 2 nitrogen and oxygen atoms in total. The smallest absolute Gasteiger partial charge is 0.00992 e. The Morgan fingerprint density at radius 1 is 1.24 bits per heavy atom. The van der Waals surface area contributed by atoms with E-state index in [-0.39, 0.29) is 0 Å². The zero-order valence-corrected chi connectivity index (χ0v) is 12.3. The lowest BCUT2D eigenvalue weighted by molar-refractivity contribution is 0.187. The third kappa shape index (κ3) is 6.42. The Bertz CT molecular complexity index is 187. The molecule has 1 N–H and O–H groups in total. The standard InChI is InChI=1S/C15H32N2/c1-5-11-17(15-8-9-15)14(4)7-6-10-16-12-13(2)3/h13-16H,5-12H2,1-4H3. The first kappa shape index (κ1) is 15.0. The molecule has 1 saturated carbocycles. The van der Waals surface area contributed by atoms with Crippen LogP contribution < -0.4 is 5.32 Å². The molecule has 1 atom stereocenters. The molecule has 0 aromatic rings. The number of hydrogen-bond donors (Lipinski definition) is 1. The summed E-state index contributed by atoms with van der Waals surface area (Å²) in [4.78, 5) is 2.74. The van der Waals surface area contributed by atoms with Crippen molar-refractivity contribution in [3.63, 3.8) is 0 Å². The number of nitrogens with one attached hydrogen (secondary N) is 1. The Kier molecular flexibility index (Phi) is 7.14. The molecule has 0 heterocycles. The maximum atomic E-state index is 3.54. The topological polar surface area (TPSA) is 15.3 Å². The average Bonchev–Trinajstić information content (AvgIpc) is 3.08. The summed E-state index contributed by atoms with van der Waals surface area (Å²) < 4.78 is 0. The van der Waals surface area contributed by atoms with Crippen molar-refractivity contribution in [3.05, 3.63) is 0 Å². The summed E-state index contributed by atoms with van der Waals surface area (Å²) in [6, 6.07) is 1.71.